The van der Waals surface area contributed by atoms with Gasteiger partial charge in [-0.15, -0.1) is 0 Å². The van der Waals surface area contributed by atoms with Crippen molar-refractivity contribution < 1.29 is 5.11 Å². The van der Waals surface area contributed by atoms with Crippen LogP contribution in [0.1, 0.15) is 11.1 Å². The average molecular weight is 176 g/mol. The molecule has 0 amide bonds. The zero-order valence-corrected chi connectivity index (χ0v) is 7.54. The highest BCUT2D eigenvalue weighted by Gasteiger charge is 1.97. The van der Waals surface area contributed by atoms with E-state index in [-0.39, 0.29) is 6.61 Å². The fourth-order valence-electron chi connectivity index (χ4n) is 1.10. The van der Waals surface area contributed by atoms with E-state index in [1.807, 2.05) is 19.1 Å². The molecule has 2 N–H and O–H groups in total. The van der Waals surface area contributed by atoms with Crippen molar-refractivity contribution in [2.45, 2.75) is 6.92 Å². The van der Waals surface area contributed by atoms with E-state index in [2.05, 4.69) is 11.4 Å². The van der Waals surface area contributed by atoms with Crippen LogP contribution in [0, 0.1) is 18.3 Å². The molecule has 0 radical (unpaired) electrons. The van der Waals surface area contributed by atoms with Gasteiger partial charge < -0.3 is 10.4 Å². The second-order valence-corrected chi connectivity index (χ2v) is 2.79. The van der Waals surface area contributed by atoms with E-state index in [0.29, 0.717) is 12.1 Å². The average Bonchev–Trinajstić information content (AvgIpc) is 2.15. The number of hydrogen-bond donors (Lipinski definition) is 2. The highest BCUT2D eigenvalue weighted by molar-refractivity contribution is 5.51. The number of nitrogens with one attached hydrogen (secondary N) is 1. The molecule has 0 aliphatic carbocycles. The van der Waals surface area contributed by atoms with Crippen LogP contribution in [0.4, 0.5) is 5.69 Å². The third-order valence-corrected chi connectivity index (χ3v) is 1.79. The van der Waals surface area contributed by atoms with Crippen LogP contribution in [0.3, 0.4) is 0 Å². The summed E-state index contributed by atoms with van der Waals surface area (Å²) in [6, 6.07) is 7.61. The minimum absolute atomic E-state index is 0.110. The van der Waals surface area contributed by atoms with Gasteiger partial charge in [0.25, 0.3) is 0 Å². The van der Waals surface area contributed by atoms with E-state index in [9.17, 15) is 0 Å². The topological polar surface area (TPSA) is 56.0 Å². The van der Waals surface area contributed by atoms with Crippen LogP contribution in [0.25, 0.3) is 0 Å². The molecule has 0 fully saturated rings. The Morgan fingerprint density at radius 1 is 1.54 bits per heavy atom. The number of rotatable bonds is 3. The summed E-state index contributed by atoms with van der Waals surface area (Å²) in [7, 11) is 0. The quantitative estimate of drug-likeness (QED) is 0.729. The molecule has 0 atom stereocenters. The van der Waals surface area contributed by atoms with Gasteiger partial charge in [-0.3, -0.25) is 0 Å². The lowest BCUT2D eigenvalue weighted by Crippen LogP contribution is -2.05. The van der Waals surface area contributed by atoms with Crippen LogP contribution in [0.2, 0.25) is 0 Å². The predicted octanol–water partition coefficient (Wildman–Crippen LogP) is 1.27. The summed E-state index contributed by atoms with van der Waals surface area (Å²) in [6.45, 7) is 2.53. The Hall–Kier alpha value is -1.53. The lowest BCUT2D eigenvalue weighted by molar-refractivity contribution is 0.311. The van der Waals surface area contributed by atoms with Gasteiger partial charge in [-0.05, 0) is 30.7 Å². The molecule has 0 spiro atoms. The number of aryl methyl sites for hydroxylation is 1. The van der Waals surface area contributed by atoms with Gasteiger partial charge in [-0.1, -0.05) is 0 Å². The highest BCUT2D eigenvalue weighted by Crippen LogP contribution is 2.13. The maximum atomic E-state index is 8.67. The molecule has 0 heterocycles. The van der Waals surface area contributed by atoms with Gasteiger partial charge in [0.15, 0.2) is 0 Å². The molecule has 0 unspecified atom stereocenters. The summed E-state index contributed by atoms with van der Waals surface area (Å²) in [6.07, 6.45) is 0. The van der Waals surface area contributed by atoms with Crippen molar-refractivity contribution in [2.75, 3.05) is 18.5 Å². The van der Waals surface area contributed by atoms with Gasteiger partial charge in [0.2, 0.25) is 0 Å². The summed E-state index contributed by atoms with van der Waals surface area (Å²) >= 11 is 0. The molecule has 1 rings (SSSR count). The largest absolute Gasteiger partial charge is 0.395 e. The van der Waals surface area contributed by atoms with E-state index in [4.69, 9.17) is 10.4 Å². The Labute approximate surface area is 77.6 Å². The SMILES string of the molecule is Cc1cc(NCCO)ccc1C#N. The van der Waals surface area contributed by atoms with E-state index in [1.165, 1.54) is 0 Å². The standard InChI is InChI=1S/C10H12N2O/c1-8-6-10(12-4-5-13)3-2-9(8)7-11/h2-3,6,12-13H,4-5H2,1H3. The van der Waals surface area contributed by atoms with E-state index in [0.717, 1.165) is 11.3 Å². The minimum atomic E-state index is 0.110. The van der Waals surface area contributed by atoms with Crippen LogP contribution in [-0.4, -0.2) is 18.3 Å². The first kappa shape index (κ1) is 9.56. The van der Waals surface area contributed by atoms with Crippen LogP contribution < -0.4 is 5.32 Å². The Kier molecular flexibility index (Phi) is 3.30. The predicted molar refractivity (Wildman–Crippen MR) is 51.5 cm³/mol. The van der Waals surface area contributed by atoms with Crippen molar-refractivity contribution in [3.8, 4) is 6.07 Å². The summed E-state index contributed by atoms with van der Waals surface area (Å²) in [5, 5.41) is 20.3. The normalized spacial score (nSPS) is 9.31. The second-order valence-electron chi connectivity index (χ2n) is 2.79. The summed E-state index contributed by atoms with van der Waals surface area (Å²) in [5.41, 5.74) is 2.57. The first-order valence-corrected chi connectivity index (χ1v) is 4.13. The minimum Gasteiger partial charge on any atom is -0.395 e. The van der Waals surface area contributed by atoms with Gasteiger partial charge in [-0.25, -0.2) is 0 Å². The maximum Gasteiger partial charge on any atom is 0.0994 e. The van der Waals surface area contributed by atoms with Gasteiger partial charge in [0.1, 0.15) is 0 Å². The maximum absolute atomic E-state index is 8.67. The summed E-state index contributed by atoms with van der Waals surface area (Å²) < 4.78 is 0. The van der Waals surface area contributed by atoms with E-state index < -0.39 is 0 Å². The smallest absolute Gasteiger partial charge is 0.0994 e. The first-order chi connectivity index (χ1) is 6.27. The van der Waals surface area contributed by atoms with Crippen molar-refractivity contribution in [2.24, 2.45) is 0 Å². The molecule has 1 aromatic rings. The van der Waals surface area contributed by atoms with Crippen LogP contribution in [-0.2, 0) is 0 Å². The van der Waals surface area contributed by atoms with Crippen LogP contribution >= 0.6 is 0 Å². The molecule has 0 aliphatic heterocycles. The van der Waals surface area contributed by atoms with Crippen molar-refractivity contribution in [1.82, 2.24) is 0 Å². The number of hydrogen-bond acceptors (Lipinski definition) is 3. The zero-order valence-electron chi connectivity index (χ0n) is 7.54. The number of nitrogens with zero attached hydrogens (tertiary/aromatic N) is 1. The van der Waals surface area contributed by atoms with E-state index >= 15 is 0 Å². The number of aliphatic hydroxyl groups excluding tert-OH is 1. The lowest BCUT2D eigenvalue weighted by Gasteiger charge is -2.05. The van der Waals surface area contributed by atoms with Crippen LogP contribution in [0.5, 0.6) is 0 Å². The van der Waals surface area contributed by atoms with Gasteiger partial charge in [0, 0.05) is 12.2 Å². The Bertz CT molecular complexity index is 328. The molecule has 0 saturated carbocycles. The van der Waals surface area contributed by atoms with Gasteiger partial charge >= 0.3 is 0 Å². The zero-order chi connectivity index (χ0) is 9.68. The third kappa shape index (κ3) is 2.46. The third-order valence-electron chi connectivity index (χ3n) is 1.79. The molecule has 3 heteroatoms. The van der Waals surface area contributed by atoms with Crippen LogP contribution in [0.15, 0.2) is 18.2 Å². The monoisotopic (exact) mass is 176 g/mol. The fraction of sp³-hybridized carbons (Fsp3) is 0.300. The summed E-state index contributed by atoms with van der Waals surface area (Å²) in [4.78, 5) is 0. The Morgan fingerprint density at radius 3 is 2.85 bits per heavy atom. The molecular weight excluding hydrogens is 164 g/mol. The molecule has 1 aromatic carbocycles. The summed E-state index contributed by atoms with van der Waals surface area (Å²) in [5.74, 6) is 0. The highest BCUT2D eigenvalue weighted by atomic mass is 16.3. The van der Waals surface area contributed by atoms with Gasteiger partial charge in [-0.2, -0.15) is 5.26 Å². The fourth-order valence-corrected chi connectivity index (χ4v) is 1.10. The second kappa shape index (κ2) is 4.48. The number of benzene rings is 1. The lowest BCUT2D eigenvalue weighted by atomic mass is 10.1. The number of anilines is 1. The number of aliphatic hydroxyl groups is 1. The molecule has 0 aliphatic rings. The Morgan fingerprint density at radius 2 is 2.31 bits per heavy atom. The van der Waals surface area contributed by atoms with Crippen molar-refractivity contribution >= 4 is 5.69 Å². The molecule has 0 saturated heterocycles. The van der Waals surface area contributed by atoms with Crippen molar-refractivity contribution in [3.05, 3.63) is 29.3 Å². The molecule has 3 nitrogen and oxygen atoms in total. The van der Waals surface area contributed by atoms with E-state index in [1.54, 1.807) is 6.07 Å². The molecule has 0 bridgehead atoms. The van der Waals surface area contributed by atoms with Crippen molar-refractivity contribution in [1.29, 1.82) is 5.26 Å². The Balaban J connectivity index is 2.79. The number of nitriles is 1. The van der Waals surface area contributed by atoms with Gasteiger partial charge in [0.05, 0.1) is 18.2 Å². The molecule has 68 valence electrons. The van der Waals surface area contributed by atoms with Crippen molar-refractivity contribution in [3.63, 3.8) is 0 Å². The first-order valence-electron chi connectivity index (χ1n) is 4.13. The molecule has 13 heavy (non-hydrogen) atoms. The molecular formula is C10H12N2O. The molecule has 0 aromatic heterocycles.